The molecule has 1 aliphatic rings. The van der Waals surface area contributed by atoms with E-state index < -0.39 is 8.07 Å². The van der Waals surface area contributed by atoms with Gasteiger partial charge in [-0.3, -0.25) is 0 Å². The van der Waals surface area contributed by atoms with E-state index in [0.717, 1.165) is 32.7 Å². The normalized spacial score (nSPS) is 16.2. The van der Waals surface area contributed by atoms with Crippen LogP contribution in [0.4, 0.5) is 0 Å². The zero-order valence-electron chi connectivity index (χ0n) is 13.4. The first-order chi connectivity index (χ1) is 11.1. The Morgan fingerprint density at radius 3 is 1.30 bits per heavy atom. The van der Waals surface area contributed by atoms with E-state index in [2.05, 4.69) is 49.2 Å². The molecule has 0 unspecified atom stereocenters. The molecular formula is C22H18Si. The van der Waals surface area contributed by atoms with Gasteiger partial charge in [0.15, 0.2) is 0 Å². The van der Waals surface area contributed by atoms with Gasteiger partial charge in [0.05, 0.1) is 0 Å². The Morgan fingerprint density at radius 2 is 1.00 bits per heavy atom. The topological polar surface area (TPSA) is 0 Å². The van der Waals surface area contributed by atoms with Crippen molar-refractivity contribution in [2.75, 3.05) is 0 Å². The van der Waals surface area contributed by atoms with Crippen molar-refractivity contribution in [3.8, 4) is 24.7 Å². The predicted octanol–water partition coefficient (Wildman–Crippen LogP) is 4.96. The fraction of sp³-hybridized carbons (Fsp3) is 0.0909. The standard InChI is InChI=1S/C22H18Si/c1-5-19-21(17-13-9-7-10-14-17)22(18-15-11-8-12-16-18)20(6-2)23(19,3)4/h1-2,7-16H,3-4H3. The van der Waals surface area contributed by atoms with Crippen molar-refractivity contribution in [2.45, 2.75) is 13.1 Å². The molecule has 3 rings (SSSR count). The maximum absolute atomic E-state index is 5.93. The van der Waals surface area contributed by atoms with Crippen LogP contribution < -0.4 is 0 Å². The monoisotopic (exact) mass is 310 g/mol. The van der Waals surface area contributed by atoms with Gasteiger partial charge in [-0.2, -0.15) is 0 Å². The van der Waals surface area contributed by atoms with Crippen LogP contribution in [0.15, 0.2) is 71.1 Å². The maximum atomic E-state index is 5.93. The lowest BCUT2D eigenvalue weighted by molar-refractivity contribution is 1.58. The molecule has 1 heteroatoms. The molecule has 0 N–H and O–H groups in total. The first kappa shape index (κ1) is 15.2. The van der Waals surface area contributed by atoms with E-state index in [0.29, 0.717) is 0 Å². The van der Waals surface area contributed by atoms with Crippen molar-refractivity contribution < 1.29 is 0 Å². The molecule has 23 heavy (non-hydrogen) atoms. The summed E-state index contributed by atoms with van der Waals surface area (Å²) in [7, 11) is -2.00. The number of benzene rings is 2. The summed E-state index contributed by atoms with van der Waals surface area (Å²) >= 11 is 0. The first-order valence-corrected chi connectivity index (χ1v) is 10.6. The third-order valence-corrected chi connectivity index (χ3v) is 7.70. The van der Waals surface area contributed by atoms with Crippen LogP contribution in [0.2, 0.25) is 13.1 Å². The molecule has 0 spiro atoms. The molecule has 1 heterocycles. The number of rotatable bonds is 2. The summed E-state index contributed by atoms with van der Waals surface area (Å²) in [6, 6.07) is 20.7. The lowest BCUT2D eigenvalue weighted by Gasteiger charge is -2.18. The van der Waals surface area contributed by atoms with Crippen LogP contribution >= 0.6 is 0 Å². The lowest BCUT2D eigenvalue weighted by Crippen LogP contribution is -2.29. The second-order valence-electron chi connectivity index (χ2n) is 6.15. The summed E-state index contributed by atoms with van der Waals surface area (Å²) in [5.74, 6) is 5.94. The Morgan fingerprint density at radius 1 is 0.652 bits per heavy atom. The van der Waals surface area contributed by atoms with Crippen molar-refractivity contribution >= 4 is 19.2 Å². The van der Waals surface area contributed by atoms with E-state index in [1.165, 1.54) is 0 Å². The molecule has 2 aromatic carbocycles. The third-order valence-electron chi connectivity index (χ3n) is 4.41. The van der Waals surface area contributed by atoms with Crippen LogP contribution in [-0.2, 0) is 0 Å². The highest BCUT2D eigenvalue weighted by molar-refractivity contribution is 6.96. The summed E-state index contributed by atoms with van der Waals surface area (Å²) in [6.45, 7) is 4.49. The summed E-state index contributed by atoms with van der Waals surface area (Å²) in [4.78, 5) is 0. The average Bonchev–Trinajstić information content (AvgIpc) is 2.82. The number of hydrogen-bond donors (Lipinski definition) is 0. The van der Waals surface area contributed by atoms with Crippen LogP contribution in [0.3, 0.4) is 0 Å². The Bertz CT molecular complexity index is 807. The zero-order chi connectivity index (χ0) is 16.4. The average molecular weight is 310 g/mol. The second-order valence-corrected chi connectivity index (χ2v) is 10.4. The molecule has 2 aromatic rings. The summed E-state index contributed by atoms with van der Waals surface area (Å²) in [5, 5.41) is 2.19. The molecule has 0 radical (unpaired) electrons. The van der Waals surface area contributed by atoms with Gasteiger partial charge < -0.3 is 0 Å². The van der Waals surface area contributed by atoms with Gasteiger partial charge in [0, 0.05) is 10.4 Å². The van der Waals surface area contributed by atoms with Crippen LogP contribution in [0.25, 0.3) is 11.1 Å². The van der Waals surface area contributed by atoms with E-state index in [-0.39, 0.29) is 0 Å². The van der Waals surface area contributed by atoms with E-state index in [9.17, 15) is 0 Å². The fourth-order valence-electron chi connectivity index (χ4n) is 3.29. The molecule has 0 aliphatic carbocycles. The molecule has 0 aromatic heterocycles. The second kappa shape index (κ2) is 5.80. The minimum absolute atomic E-state index is 1.09. The van der Waals surface area contributed by atoms with Gasteiger partial charge in [-0.25, -0.2) is 0 Å². The van der Waals surface area contributed by atoms with Gasteiger partial charge in [-0.1, -0.05) is 85.6 Å². The molecule has 1 aliphatic heterocycles. The lowest BCUT2D eigenvalue weighted by atomic mass is 9.92. The molecule has 0 saturated carbocycles. The molecule has 0 amide bonds. The van der Waals surface area contributed by atoms with Gasteiger partial charge in [0.25, 0.3) is 0 Å². The van der Waals surface area contributed by atoms with E-state index in [4.69, 9.17) is 12.8 Å². The van der Waals surface area contributed by atoms with Crippen LogP contribution in [-0.4, -0.2) is 8.07 Å². The molecule has 0 atom stereocenters. The summed E-state index contributed by atoms with van der Waals surface area (Å²) in [6.07, 6.45) is 11.9. The number of hydrogen-bond acceptors (Lipinski definition) is 0. The van der Waals surface area contributed by atoms with Crippen molar-refractivity contribution in [3.05, 3.63) is 82.2 Å². The quantitative estimate of drug-likeness (QED) is 0.543. The summed E-state index contributed by atoms with van der Waals surface area (Å²) < 4.78 is 0. The Labute approximate surface area is 139 Å². The minimum Gasteiger partial charge on any atom is -0.115 e. The highest BCUT2D eigenvalue weighted by Crippen LogP contribution is 2.47. The van der Waals surface area contributed by atoms with E-state index >= 15 is 0 Å². The first-order valence-electron chi connectivity index (χ1n) is 7.65. The highest BCUT2D eigenvalue weighted by Gasteiger charge is 2.41. The molecule has 0 bridgehead atoms. The van der Waals surface area contributed by atoms with Crippen LogP contribution in [0.5, 0.6) is 0 Å². The van der Waals surface area contributed by atoms with Crippen LogP contribution in [0, 0.1) is 24.7 Å². The SMILES string of the molecule is C#CC1=C(c2ccccc2)C(c2ccccc2)=C(C#C)[Si]1(C)C. The molecular weight excluding hydrogens is 292 g/mol. The maximum Gasteiger partial charge on any atom is 0.135 e. The Hall–Kier alpha value is -2.74. The predicted molar refractivity (Wildman–Crippen MR) is 102 cm³/mol. The molecule has 0 fully saturated rings. The van der Waals surface area contributed by atoms with Gasteiger partial charge in [0.1, 0.15) is 8.07 Å². The van der Waals surface area contributed by atoms with Gasteiger partial charge >= 0.3 is 0 Å². The van der Waals surface area contributed by atoms with Gasteiger partial charge in [0.2, 0.25) is 0 Å². The van der Waals surface area contributed by atoms with Gasteiger partial charge in [-0.05, 0) is 22.3 Å². The Balaban J connectivity index is 2.39. The molecule has 0 saturated heterocycles. The minimum atomic E-state index is -2.00. The van der Waals surface area contributed by atoms with E-state index in [1.807, 2.05) is 36.4 Å². The molecule has 0 nitrogen and oxygen atoms in total. The fourth-order valence-corrected chi connectivity index (χ4v) is 6.05. The van der Waals surface area contributed by atoms with Crippen molar-refractivity contribution in [2.24, 2.45) is 0 Å². The number of allylic oxidation sites excluding steroid dienone is 4. The highest BCUT2D eigenvalue weighted by atomic mass is 28.3. The Kier molecular flexibility index (Phi) is 3.83. The van der Waals surface area contributed by atoms with Crippen molar-refractivity contribution in [3.63, 3.8) is 0 Å². The van der Waals surface area contributed by atoms with Gasteiger partial charge in [-0.15, -0.1) is 12.8 Å². The van der Waals surface area contributed by atoms with Crippen molar-refractivity contribution in [1.29, 1.82) is 0 Å². The largest absolute Gasteiger partial charge is 0.135 e. The summed E-state index contributed by atoms with van der Waals surface area (Å²) in [5.41, 5.74) is 4.57. The van der Waals surface area contributed by atoms with E-state index in [1.54, 1.807) is 0 Å². The smallest absolute Gasteiger partial charge is 0.115 e. The third kappa shape index (κ3) is 2.36. The molecule has 110 valence electrons. The van der Waals surface area contributed by atoms with Crippen molar-refractivity contribution in [1.82, 2.24) is 0 Å². The van der Waals surface area contributed by atoms with Crippen LogP contribution in [0.1, 0.15) is 11.1 Å². The number of terminal acetylenes is 2. The zero-order valence-corrected chi connectivity index (χ0v) is 14.4.